The van der Waals surface area contributed by atoms with Gasteiger partial charge in [-0.05, 0) is 416 Å². The van der Waals surface area contributed by atoms with Gasteiger partial charge in [-0.3, -0.25) is 0 Å². The van der Waals surface area contributed by atoms with Crippen molar-refractivity contribution in [3.63, 3.8) is 0 Å². The van der Waals surface area contributed by atoms with Crippen LogP contribution in [0.25, 0.3) is 0 Å². The van der Waals surface area contributed by atoms with Crippen molar-refractivity contribution in [3.8, 4) is 0 Å². The molecule has 16 saturated carbocycles. The van der Waals surface area contributed by atoms with Gasteiger partial charge in [0.2, 0.25) is 0 Å². The van der Waals surface area contributed by atoms with E-state index in [9.17, 15) is 101 Å². The summed E-state index contributed by atoms with van der Waals surface area (Å²) in [6, 6.07) is 0. The molecule has 12 N–H and O–H groups in total. The van der Waals surface area contributed by atoms with E-state index >= 15 is 0 Å². The van der Waals surface area contributed by atoms with Gasteiger partial charge in [0.1, 0.15) is 0 Å². The largest absolute Gasteiger partial charge is 4.00 e. The van der Waals surface area contributed by atoms with Crippen molar-refractivity contribution in [3.05, 3.63) is 0 Å². The van der Waals surface area contributed by atoms with Crippen molar-refractivity contribution in [2.75, 3.05) is 0 Å². The summed E-state index contributed by atoms with van der Waals surface area (Å²) >= 11 is 0. The molecule has 0 bridgehead atoms. The molecule has 16 aliphatic carbocycles. The zero-order valence-electron chi connectivity index (χ0n) is 73.4. The van der Waals surface area contributed by atoms with Crippen LogP contribution in [-0.4, -0.2) is 158 Å². The number of carboxylic acids is 4. The van der Waals surface area contributed by atoms with E-state index in [0.717, 1.165) is 180 Å². The average Bonchev–Trinajstić information content (AvgIpc) is 1.68. The zero-order valence-corrected chi connectivity index (χ0v) is 75.8. The molecule has 16 fully saturated rings. The first kappa shape index (κ1) is 94.4. The molecule has 44 atom stereocenters. The number of hydrogen-bond acceptors (Lipinski definition) is 20. The Labute approximate surface area is 719 Å². The minimum atomic E-state index is -0.998. The minimum Gasteiger partial charge on any atom is -0.550 e. The molecule has 664 valence electrons. The van der Waals surface area contributed by atoms with E-state index in [1.54, 1.807) is 0 Å². The average molecular weight is 1720 g/mol. The Morgan fingerprint density at radius 3 is 0.624 bits per heavy atom. The maximum absolute atomic E-state index is 11.5. The van der Waals surface area contributed by atoms with Crippen LogP contribution in [0.4, 0.5) is 0 Å². The van der Waals surface area contributed by atoms with Gasteiger partial charge in [0.05, 0.1) is 73.2 Å². The Balaban J connectivity index is 0.000000143. The minimum absolute atomic E-state index is 0. The molecule has 12 unspecified atom stereocenters. The second kappa shape index (κ2) is 35.8. The summed E-state index contributed by atoms with van der Waals surface area (Å²) in [6.45, 7) is 26.7. The fourth-order valence-electron chi connectivity index (χ4n) is 34.7. The standard InChI is InChI=1S/4C24H40O5.Zr/c4*1-13(4-7-21(28)29)16-5-6-17-22-18(12-20(27)24(16,17)3)23(2)9-8-15(25)10-14(23)11-19(22)26;/h4*13-20,22,25-27H,4-12H2,1-3H3,(H,28,29);/q;;;;+4/p-4/t4*13-,14+,15-,16-,17?,18?,19-,20+,22?,23+,24-;/m1111./s1. The number of fused-ring (bicyclic) bond motifs is 20. The van der Waals surface area contributed by atoms with E-state index in [1.807, 2.05) is 0 Å². The zero-order chi connectivity index (χ0) is 84.5. The normalized spacial score (nSPS) is 52.4. The van der Waals surface area contributed by atoms with Gasteiger partial charge in [-0.15, -0.1) is 0 Å². The summed E-state index contributed by atoms with van der Waals surface area (Å²) in [5.74, 6) is 2.54. The van der Waals surface area contributed by atoms with Crippen LogP contribution in [0.1, 0.15) is 314 Å². The molecule has 117 heavy (non-hydrogen) atoms. The van der Waals surface area contributed by atoms with Crippen LogP contribution < -0.4 is 20.4 Å². The third-order valence-electron chi connectivity index (χ3n) is 41.3. The summed E-state index contributed by atoms with van der Waals surface area (Å²) < 4.78 is 0. The summed E-state index contributed by atoms with van der Waals surface area (Å²) in [5, 5.41) is 175. The first-order valence-corrected chi connectivity index (χ1v) is 47.3. The van der Waals surface area contributed by atoms with Gasteiger partial charge in [-0.25, -0.2) is 0 Å². The summed E-state index contributed by atoms with van der Waals surface area (Å²) in [4.78, 5) is 43.8. The molecule has 0 saturated heterocycles. The number of rotatable bonds is 16. The first-order chi connectivity index (χ1) is 54.3. The van der Waals surface area contributed by atoms with Crippen LogP contribution in [0.3, 0.4) is 0 Å². The van der Waals surface area contributed by atoms with Gasteiger partial charge >= 0.3 is 26.2 Å². The first-order valence-electron chi connectivity index (χ1n) is 47.3. The van der Waals surface area contributed by atoms with Crippen LogP contribution in [0.5, 0.6) is 0 Å². The molecular weight excluding hydrogens is 1560 g/mol. The van der Waals surface area contributed by atoms with Gasteiger partial charge < -0.3 is 101 Å². The van der Waals surface area contributed by atoms with Crippen LogP contribution >= 0.6 is 0 Å². The fraction of sp³-hybridized carbons (Fsp3) is 0.958. The van der Waals surface area contributed by atoms with Gasteiger partial charge in [-0.1, -0.05) is 83.1 Å². The van der Waals surface area contributed by atoms with E-state index in [2.05, 4.69) is 83.1 Å². The summed E-state index contributed by atoms with van der Waals surface area (Å²) in [6.07, 6.45) is 22.9. The molecule has 21 heteroatoms. The monoisotopic (exact) mass is 1720 g/mol. The van der Waals surface area contributed by atoms with Crippen molar-refractivity contribution >= 4 is 23.9 Å². The van der Waals surface area contributed by atoms with Crippen molar-refractivity contribution in [1.82, 2.24) is 0 Å². The molecule has 0 spiro atoms. The third kappa shape index (κ3) is 16.6. The maximum Gasteiger partial charge on any atom is 4.00 e. The second-order valence-corrected chi connectivity index (χ2v) is 45.7. The summed E-state index contributed by atoms with van der Waals surface area (Å²) in [5.41, 5.74) is -0.687. The Morgan fingerprint density at radius 1 is 0.274 bits per heavy atom. The third-order valence-corrected chi connectivity index (χ3v) is 41.3. The van der Waals surface area contributed by atoms with E-state index in [4.69, 9.17) is 0 Å². The van der Waals surface area contributed by atoms with E-state index in [-0.39, 0.29) is 239 Å². The molecule has 0 aliphatic heterocycles. The Morgan fingerprint density at radius 2 is 0.453 bits per heavy atom. The van der Waals surface area contributed by atoms with Gasteiger partial charge in [0.15, 0.2) is 0 Å². The topological polar surface area (TPSA) is 403 Å². The van der Waals surface area contributed by atoms with Gasteiger partial charge in [0.25, 0.3) is 0 Å². The molecule has 0 aromatic carbocycles. The van der Waals surface area contributed by atoms with Crippen LogP contribution in [0.15, 0.2) is 0 Å². The number of aliphatic carboxylic acids is 4. The van der Waals surface area contributed by atoms with Crippen molar-refractivity contribution in [1.29, 1.82) is 0 Å². The molecular formula is C96H156O20Zr. The Kier molecular flexibility index (Phi) is 28.9. The smallest absolute Gasteiger partial charge is 0.550 e. The van der Waals surface area contributed by atoms with E-state index < -0.39 is 48.3 Å². The number of aliphatic hydroxyl groups is 12. The van der Waals surface area contributed by atoms with Crippen molar-refractivity contribution < 1.29 is 127 Å². The van der Waals surface area contributed by atoms with Gasteiger partial charge in [0, 0.05) is 23.9 Å². The number of aliphatic hydroxyl groups excluding tert-OH is 12. The molecule has 0 aromatic rings. The maximum atomic E-state index is 11.5. The van der Waals surface area contributed by atoms with Crippen LogP contribution in [-0.2, 0) is 45.4 Å². The Hall–Kier alpha value is -1.72. The molecule has 20 nitrogen and oxygen atoms in total. The van der Waals surface area contributed by atoms with E-state index in [0.29, 0.717) is 73.0 Å². The number of carboxylic acid groups (broad SMARTS) is 4. The second-order valence-electron chi connectivity index (χ2n) is 45.7. The molecule has 0 heterocycles. The quantitative estimate of drug-likeness (QED) is 0.0689. The molecule has 16 aliphatic rings. The van der Waals surface area contributed by atoms with Crippen molar-refractivity contribution in [2.24, 2.45) is 185 Å². The molecule has 0 amide bonds. The van der Waals surface area contributed by atoms with Crippen molar-refractivity contribution in [2.45, 2.75) is 387 Å². The predicted octanol–water partition coefficient (Wildman–Crippen LogP) is 8.45. The predicted molar refractivity (Wildman–Crippen MR) is 430 cm³/mol. The van der Waals surface area contributed by atoms with Crippen LogP contribution in [0.2, 0.25) is 0 Å². The van der Waals surface area contributed by atoms with E-state index in [1.165, 1.54) is 0 Å². The molecule has 0 aromatic heterocycles. The number of carbonyl (C=O) groups is 4. The molecule has 16 rings (SSSR count). The van der Waals surface area contributed by atoms with Crippen LogP contribution in [0, 0.1) is 185 Å². The Bertz CT molecular complexity index is 2990. The number of hydrogen-bond donors (Lipinski definition) is 12. The molecule has 0 radical (unpaired) electrons. The number of carbonyl (C=O) groups excluding carboxylic acids is 4. The van der Waals surface area contributed by atoms with Gasteiger partial charge in [-0.2, -0.15) is 0 Å². The fourth-order valence-corrected chi connectivity index (χ4v) is 34.7. The SMILES string of the molecule is C[C@H](CCC(=O)[O-])[C@H]1CCC2C3C(C[C@H](O)[C@@]21C)[C@@]1(C)CC[C@@H](O)C[C@H]1C[C@H]3O.C[C@H](CCC(=O)[O-])[C@H]1CCC2C3C(C[C@H](O)[C@@]21C)[C@@]1(C)CC[C@@H](O)C[C@H]1C[C@H]3O.C[C@H](CCC(=O)[O-])[C@H]1CCC2C3C(C[C@H](O)[C@@]21C)[C@@]1(C)CC[C@@H](O)C[C@H]1C[C@H]3O.C[C@H](CCC(=O)[O-])[C@H]1CCC2C3C(C[C@H](O)[C@@]21C)[C@@]1(C)CC[C@@H](O)C[C@H]1C[C@H]3O.[Zr+4]. The summed E-state index contributed by atoms with van der Waals surface area (Å²) in [7, 11) is 0.